The third-order valence-electron chi connectivity index (χ3n) is 5.73. The molecule has 1 aliphatic heterocycles. The molecule has 0 radical (unpaired) electrons. The molecule has 4 rings (SSSR count). The van der Waals surface area contributed by atoms with E-state index >= 15 is 0 Å². The van der Waals surface area contributed by atoms with Gasteiger partial charge in [-0.2, -0.15) is 0 Å². The topological polar surface area (TPSA) is 105 Å². The summed E-state index contributed by atoms with van der Waals surface area (Å²) < 4.78 is 4.66. The van der Waals surface area contributed by atoms with Crippen molar-refractivity contribution in [1.29, 1.82) is 0 Å². The Bertz CT molecular complexity index is 1430. The van der Waals surface area contributed by atoms with E-state index < -0.39 is 17.8 Å². The molecule has 0 saturated heterocycles. The second-order valence-electron chi connectivity index (χ2n) is 8.13. The van der Waals surface area contributed by atoms with Gasteiger partial charge in [0.1, 0.15) is 10.7 Å². The van der Waals surface area contributed by atoms with Crippen LogP contribution in [0, 0.1) is 13.8 Å². The number of hydrogen-bond donors (Lipinski definition) is 2. The Labute approximate surface area is 212 Å². The molecular formula is C27H22ClN3O5. The average Bonchev–Trinajstić information content (AvgIpc) is 3.09. The number of aryl methyl sites for hydroxylation is 2. The van der Waals surface area contributed by atoms with Crippen molar-refractivity contribution in [3.8, 4) is 0 Å². The number of nitrogens with zero attached hydrogens (tertiary/aromatic N) is 1. The van der Waals surface area contributed by atoms with Crippen LogP contribution >= 0.6 is 11.6 Å². The largest absolute Gasteiger partial charge is 0.465 e. The van der Waals surface area contributed by atoms with E-state index in [1.54, 1.807) is 24.3 Å². The maximum atomic E-state index is 13.1. The molecule has 0 spiro atoms. The predicted octanol–water partition coefficient (Wildman–Crippen LogP) is 4.78. The Hall–Kier alpha value is -4.43. The lowest BCUT2D eigenvalue weighted by Crippen LogP contribution is -2.32. The van der Waals surface area contributed by atoms with Crippen LogP contribution in [0.2, 0.25) is 0 Å². The fraction of sp³-hybridized carbons (Fsp3) is 0.111. The minimum atomic E-state index is -0.710. The van der Waals surface area contributed by atoms with Crippen LogP contribution in [0.4, 0.5) is 17.1 Å². The molecule has 0 fully saturated rings. The molecule has 0 bridgehead atoms. The number of hydrogen-bond acceptors (Lipinski definition) is 6. The molecule has 0 aromatic heterocycles. The fourth-order valence-corrected chi connectivity index (χ4v) is 3.83. The van der Waals surface area contributed by atoms with Gasteiger partial charge in [0.25, 0.3) is 17.7 Å². The van der Waals surface area contributed by atoms with E-state index in [0.717, 1.165) is 16.0 Å². The highest BCUT2D eigenvalue weighted by Crippen LogP contribution is 2.30. The van der Waals surface area contributed by atoms with Crippen molar-refractivity contribution < 1.29 is 23.9 Å². The van der Waals surface area contributed by atoms with Crippen LogP contribution in [0.15, 0.2) is 77.5 Å². The standard InChI is InChI=1S/C27H22ClN3O5/c1-15-7-10-20(13-16(15)2)30-24(32)18-5-4-6-19(14-18)29-23-22(28)25(33)31(26(23)34)21-11-8-17(9-12-21)27(35)36-3/h4-14,29H,1-3H3,(H,30,32). The lowest BCUT2D eigenvalue weighted by atomic mass is 10.1. The van der Waals surface area contributed by atoms with Crippen molar-refractivity contribution in [1.82, 2.24) is 0 Å². The summed E-state index contributed by atoms with van der Waals surface area (Å²) in [6, 6.07) is 17.9. The van der Waals surface area contributed by atoms with Crippen molar-refractivity contribution in [3.05, 3.63) is 99.7 Å². The second kappa shape index (κ2) is 10.1. The third kappa shape index (κ3) is 4.85. The van der Waals surface area contributed by atoms with E-state index in [4.69, 9.17) is 11.6 Å². The van der Waals surface area contributed by atoms with E-state index in [-0.39, 0.29) is 27.9 Å². The Kier molecular flexibility index (Phi) is 6.89. The first-order chi connectivity index (χ1) is 17.2. The van der Waals surface area contributed by atoms with E-state index in [9.17, 15) is 19.2 Å². The SMILES string of the molecule is COC(=O)c1ccc(N2C(=O)C(Cl)=C(Nc3cccc(C(=O)Nc4ccc(C)c(C)c4)c3)C2=O)cc1. The first-order valence-electron chi connectivity index (χ1n) is 10.9. The number of ether oxygens (including phenoxy) is 1. The summed E-state index contributed by atoms with van der Waals surface area (Å²) in [5, 5.41) is 5.43. The highest BCUT2D eigenvalue weighted by Gasteiger charge is 2.39. The summed E-state index contributed by atoms with van der Waals surface area (Å²) in [5.74, 6) is -2.25. The van der Waals surface area contributed by atoms with Gasteiger partial charge < -0.3 is 15.4 Å². The van der Waals surface area contributed by atoms with Crippen LogP contribution in [-0.4, -0.2) is 30.8 Å². The van der Waals surface area contributed by atoms with Gasteiger partial charge >= 0.3 is 5.97 Å². The lowest BCUT2D eigenvalue weighted by molar-refractivity contribution is -0.120. The van der Waals surface area contributed by atoms with Crippen LogP contribution < -0.4 is 15.5 Å². The Morgan fingerprint density at radius 1 is 0.833 bits per heavy atom. The Morgan fingerprint density at radius 2 is 1.56 bits per heavy atom. The van der Waals surface area contributed by atoms with Gasteiger partial charge in [0, 0.05) is 16.9 Å². The number of methoxy groups -OCH3 is 1. The van der Waals surface area contributed by atoms with Crippen molar-refractivity contribution in [2.24, 2.45) is 0 Å². The van der Waals surface area contributed by atoms with E-state index in [0.29, 0.717) is 16.9 Å². The van der Waals surface area contributed by atoms with Gasteiger partial charge in [0.15, 0.2) is 0 Å². The zero-order chi connectivity index (χ0) is 26.0. The zero-order valence-electron chi connectivity index (χ0n) is 19.7. The number of anilines is 3. The highest BCUT2D eigenvalue weighted by molar-refractivity contribution is 6.53. The van der Waals surface area contributed by atoms with Crippen molar-refractivity contribution >= 4 is 52.4 Å². The van der Waals surface area contributed by atoms with Crippen LogP contribution in [-0.2, 0) is 14.3 Å². The molecule has 8 nitrogen and oxygen atoms in total. The molecular weight excluding hydrogens is 482 g/mol. The predicted molar refractivity (Wildman–Crippen MR) is 137 cm³/mol. The summed E-state index contributed by atoms with van der Waals surface area (Å²) >= 11 is 6.21. The minimum Gasteiger partial charge on any atom is -0.465 e. The molecule has 0 aliphatic carbocycles. The van der Waals surface area contributed by atoms with Gasteiger partial charge in [-0.3, -0.25) is 14.4 Å². The van der Waals surface area contributed by atoms with Crippen LogP contribution in [0.1, 0.15) is 31.8 Å². The number of nitrogens with one attached hydrogen (secondary N) is 2. The number of benzene rings is 3. The normalized spacial score (nSPS) is 13.2. The molecule has 0 saturated carbocycles. The molecule has 1 heterocycles. The smallest absolute Gasteiger partial charge is 0.337 e. The fourth-order valence-electron chi connectivity index (χ4n) is 3.62. The number of halogens is 1. The van der Waals surface area contributed by atoms with Gasteiger partial charge in [-0.15, -0.1) is 0 Å². The molecule has 1 aliphatic rings. The van der Waals surface area contributed by atoms with Crippen LogP contribution in [0.25, 0.3) is 0 Å². The summed E-state index contributed by atoms with van der Waals surface area (Å²) in [5.41, 5.74) is 3.99. The third-order valence-corrected chi connectivity index (χ3v) is 6.08. The summed E-state index contributed by atoms with van der Waals surface area (Å²) in [6.45, 7) is 3.95. The maximum Gasteiger partial charge on any atom is 0.337 e. The van der Waals surface area contributed by atoms with Crippen molar-refractivity contribution in [2.75, 3.05) is 22.6 Å². The second-order valence-corrected chi connectivity index (χ2v) is 8.51. The Balaban J connectivity index is 1.51. The monoisotopic (exact) mass is 503 g/mol. The average molecular weight is 504 g/mol. The molecule has 182 valence electrons. The van der Waals surface area contributed by atoms with Crippen molar-refractivity contribution in [3.63, 3.8) is 0 Å². The first-order valence-corrected chi connectivity index (χ1v) is 11.3. The number of imide groups is 1. The van der Waals surface area contributed by atoms with Gasteiger partial charge in [-0.05, 0) is 79.6 Å². The summed E-state index contributed by atoms with van der Waals surface area (Å²) in [6.07, 6.45) is 0. The molecule has 9 heteroatoms. The first kappa shape index (κ1) is 24.7. The van der Waals surface area contributed by atoms with Crippen LogP contribution in [0.5, 0.6) is 0 Å². The molecule has 3 aromatic rings. The minimum absolute atomic E-state index is 0.120. The van der Waals surface area contributed by atoms with Crippen LogP contribution in [0.3, 0.4) is 0 Å². The summed E-state index contributed by atoms with van der Waals surface area (Å²) in [7, 11) is 1.26. The maximum absolute atomic E-state index is 13.1. The lowest BCUT2D eigenvalue weighted by Gasteiger charge is -2.15. The number of rotatable bonds is 6. The molecule has 3 aromatic carbocycles. The van der Waals surface area contributed by atoms with E-state index in [1.807, 2.05) is 32.0 Å². The molecule has 36 heavy (non-hydrogen) atoms. The number of carbonyl (C=O) groups excluding carboxylic acids is 4. The quantitative estimate of drug-likeness (QED) is 0.370. The number of amides is 3. The highest BCUT2D eigenvalue weighted by atomic mass is 35.5. The number of esters is 1. The molecule has 0 atom stereocenters. The van der Waals surface area contributed by atoms with E-state index in [2.05, 4.69) is 15.4 Å². The Morgan fingerprint density at radius 3 is 2.22 bits per heavy atom. The molecule has 0 unspecified atom stereocenters. The molecule has 2 N–H and O–H groups in total. The van der Waals surface area contributed by atoms with Gasteiger partial charge in [-0.1, -0.05) is 23.7 Å². The van der Waals surface area contributed by atoms with E-state index in [1.165, 1.54) is 31.4 Å². The number of carbonyl (C=O) groups is 4. The van der Waals surface area contributed by atoms with Gasteiger partial charge in [0.2, 0.25) is 0 Å². The summed E-state index contributed by atoms with van der Waals surface area (Å²) in [4.78, 5) is 51.1. The molecule has 3 amide bonds. The zero-order valence-corrected chi connectivity index (χ0v) is 20.5. The van der Waals surface area contributed by atoms with Crippen molar-refractivity contribution in [2.45, 2.75) is 13.8 Å². The van der Waals surface area contributed by atoms with Gasteiger partial charge in [-0.25, -0.2) is 9.69 Å². The van der Waals surface area contributed by atoms with Gasteiger partial charge in [0.05, 0.1) is 18.4 Å².